The molecule has 27 heavy (non-hydrogen) atoms. The Bertz CT molecular complexity index is 640. The molecule has 1 unspecified atom stereocenters. The second-order valence-corrected chi connectivity index (χ2v) is 6.98. The van der Waals surface area contributed by atoms with E-state index < -0.39 is 0 Å². The molecule has 1 amide bonds. The van der Waals surface area contributed by atoms with E-state index in [9.17, 15) is 4.79 Å². The highest BCUT2D eigenvalue weighted by atomic mass is 16.5. The van der Waals surface area contributed by atoms with Gasteiger partial charge < -0.3 is 20.3 Å². The summed E-state index contributed by atoms with van der Waals surface area (Å²) in [5, 5.41) is 6.07. The Hall–Kier alpha value is -2.12. The maximum absolute atomic E-state index is 11.6. The van der Waals surface area contributed by atoms with Crippen molar-refractivity contribution in [2.75, 3.05) is 53.0 Å². The number of amides is 1. The highest BCUT2D eigenvalue weighted by molar-refractivity contribution is 5.93. The number of nitrogens with zero attached hydrogens (tertiary/aromatic N) is 3. The average molecular weight is 374 g/mol. The van der Waals surface area contributed by atoms with Crippen molar-refractivity contribution in [3.05, 3.63) is 35.4 Å². The molecule has 2 fully saturated rings. The van der Waals surface area contributed by atoms with Gasteiger partial charge in [-0.2, -0.15) is 0 Å². The molecule has 0 aromatic heterocycles. The number of carbonyl (C=O) groups is 1. The molecule has 2 saturated heterocycles. The zero-order valence-corrected chi connectivity index (χ0v) is 16.4. The molecule has 7 nitrogen and oxygen atoms in total. The van der Waals surface area contributed by atoms with Gasteiger partial charge in [-0.15, -0.1) is 0 Å². The fraction of sp³-hybridized carbons (Fsp3) is 0.600. The molecule has 0 radical (unpaired) electrons. The third-order valence-electron chi connectivity index (χ3n) is 5.21. The van der Waals surface area contributed by atoms with Gasteiger partial charge in [0.1, 0.15) is 0 Å². The highest BCUT2D eigenvalue weighted by Crippen LogP contribution is 2.17. The summed E-state index contributed by atoms with van der Waals surface area (Å²) in [6.07, 6.45) is 1.17. The van der Waals surface area contributed by atoms with Crippen LogP contribution in [0.15, 0.2) is 29.3 Å². The van der Waals surface area contributed by atoms with Gasteiger partial charge in [0, 0.05) is 51.4 Å². The first-order valence-corrected chi connectivity index (χ1v) is 9.87. The summed E-state index contributed by atoms with van der Waals surface area (Å²) in [6, 6.07) is 8.22. The Morgan fingerprint density at radius 1 is 1.22 bits per heavy atom. The number of guanidine groups is 1. The summed E-state index contributed by atoms with van der Waals surface area (Å²) >= 11 is 0. The lowest BCUT2D eigenvalue weighted by Gasteiger charge is -2.32. The van der Waals surface area contributed by atoms with Crippen LogP contribution in [0, 0.1) is 0 Å². The van der Waals surface area contributed by atoms with Crippen LogP contribution in [-0.4, -0.2) is 80.7 Å². The first-order valence-electron chi connectivity index (χ1n) is 9.87. The van der Waals surface area contributed by atoms with Gasteiger partial charge in [-0.25, -0.2) is 4.99 Å². The maximum Gasteiger partial charge on any atom is 0.251 e. The van der Waals surface area contributed by atoms with Crippen LogP contribution in [0.5, 0.6) is 0 Å². The zero-order chi connectivity index (χ0) is 19.1. The fourth-order valence-corrected chi connectivity index (χ4v) is 3.67. The average Bonchev–Trinajstić information content (AvgIpc) is 3.21. The summed E-state index contributed by atoms with van der Waals surface area (Å²) in [5.41, 5.74) is 1.77. The largest absolute Gasteiger partial charge is 0.379 e. The number of rotatable bonds is 5. The standard InChI is InChI=1S/C20H31N5O2/c1-3-22-20(23-14-16-4-6-17(7-5-16)19(26)21-2)25-9-8-18(15-25)24-10-12-27-13-11-24/h4-7,18H,3,8-15H2,1-2H3,(H,21,26)(H,22,23). The smallest absolute Gasteiger partial charge is 0.251 e. The predicted molar refractivity (Wildman–Crippen MR) is 107 cm³/mol. The van der Waals surface area contributed by atoms with Gasteiger partial charge in [0.15, 0.2) is 5.96 Å². The number of likely N-dealkylation sites (tertiary alicyclic amines) is 1. The number of hydrogen-bond acceptors (Lipinski definition) is 4. The van der Waals surface area contributed by atoms with Crippen molar-refractivity contribution in [2.45, 2.75) is 25.9 Å². The summed E-state index contributed by atoms with van der Waals surface area (Å²) in [7, 11) is 1.64. The summed E-state index contributed by atoms with van der Waals surface area (Å²) < 4.78 is 5.47. The van der Waals surface area contributed by atoms with Crippen LogP contribution in [0.1, 0.15) is 29.3 Å². The minimum atomic E-state index is -0.0652. The topological polar surface area (TPSA) is 69.2 Å². The van der Waals surface area contributed by atoms with Gasteiger partial charge in [0.25, 0.3) is 5.91 Å². The van der Waals surface area contributed by atoms with E-state index in [1.807, 2.05) is 24.3 Å². The minimum Gasteiger partial charge on any atom is -0.379 e. The molecule has 148 valence electrons. The highest BCUT2D eigenvalue weighted by Gasteiger charge is 2.30. The molecule has 1 aromatic rings. The molecule has 3 rings (SSSR count). The van der Waals surface area contributed by atoms with Crippen molar-refractivity contribution in [1.82, 2.24) is 20.4 Å². The van der Waals surface area contributed by atoms with Crippen LogP contribution in [-0.2, 0) is 11.3 Å². The van der Waals surface area contributed by atoms with Gasteiger partial charge in [-0.05, 0) is 31.0 Å². The normalized spacial score (nSPS) is 21.3. The van der Waals surface area contributed by atoms with Gasteiger partial charge in [0.2, 0.25) is 0 Å². The molecular formula is C20H31N5O2. The van der Waals surface area contributed by atoms with Crippen molar-refractivity contribution in [3.63, 3.8) is 0 Å². The van der Waals surface area contributed by atoms with Crippen molar-refractivity contribution in [2.24, 2.45) is 4.99 Å². The molecule has 2 aliphatic rings. The molecule has 0 bridgehead atoms. The van der Waals surface area contributed by atoms with E-state index in [1.54, 1.807) is 7.05 Å². The van der Waals surface area contributed by atoms with Crippen LogP contribution >= 0.6 is 0 Å². The Kier molecular flexibility index (Phi) is 7.06. The first kappa shape index (κ1) is 19.6. The monoisotopic (exact) mass is 373 g/mol. The van der Waals surface area contributed by atoms with Gasteiger partial charge >= 0.3 is 0 Å². The molecule has 7 heteroatoms. The van der Waals surface area contributed by atoms with E-state index in [0.29, 0.717) is 18.2 Å². The Morgan fingerprint density at radius 2 is 1.96 bits per heavy atom. The Balaban J connectivity index is 1.60. The predicted octanol–water partition coefficient (Wildman–Crippen LogP) is 0.918. The number of carbonyl (C=O) groups excluding carboxylic acids is 1. The SMILES string of the molecule is CCNC(=NCc1ccc(C(=O)NC)cc1)N1CCC(N2CCOCC2)C1. The Labute approximate surface area is 161 Å². The molecule has 2 N–H and O–H groups in total. The molecule has 1 aromatic carbocycles. The zero-order valence-electron chi connectivity index (χ0n) is 16.4. The number of benzene rings is 1. The van der Waals surface area contributed by atoms with Gasteiger partial charge in [-0.1, -0.05) is 12.1 Å². The van der Waals surface area contributed by atoms with Crippen LogP contribution in [0.4, 0.5) is 0 Å². The number of hydrogen-bond donors (Lipinski definition) is 2. The van der Waals surface area contributed by atoms with Gasteiger partial charge in [0.05, 0.1) is 19.8 Å². The van der Waals surface area contributed by atoms with Crippen LogP contribution in [0.25, 0.3) is 0 Å². The summed E-state index contributed by atoms with van der Waals surface area (Å²) in [6.45, 7) is 9.36. The minimum absolute atomic E-state index is 0.0652. The quantitative estimate of drug-likeness (QED) is 0.593. The van der Waals surface area contributed by atoms with E-state index >= 15 is 0 Å². The molecule has 1 atom stereocenters. The second-order valence-electron chi connectivity index (χ2n) is 6.98. The third kappa shape index (κ3) is 5.20. The second kappa shape index (κ2) is 9.71. The summed E-state index contributed by atoms with van der Waals surface area (Å²) in [4.78, 5) is 21.4. The fourth-order valence-electron chi connectivity index (χ4n) is 3.67. The maximum atomic E-state index is 11.6. The van der Waals surface area contributed by atoms with Crippen LogP contribution < -0.4 is 10.6 Å². The lowest BCUT2D eigenvalue weighted by molar-refractivity contribution is 0.0195. The van der Waals surface area contributed by atoms with Crippen LogP contribution in [0.3, 0.4) is 0 Å². The van der Waals surface area contributed by atoms with Crippen molar-refractivity contribution in [1.29, 1.82) is 0 Å². The van der Waals surface area contributed by atoms with Crippen LogP contribution in [0.2, 0.25) is 0 Å². The number of morpholine rings is 1. The lowest BCUT2D eigenvalue weighted by atomic mass is 10.1. The van der Waals surface area contributed by atoms with Crippen molar-refractivity contribution >= 4 is 11.9 Å². The lowest BCUT2D eigenvalue weighted by Crippen LogP contribution is -2.46. The van der Waals surface area contributed by atoms with E-state index in [4.69, 9.17) is 9.73 Å². The van der Waals surface area contributed by atoms with E-state index in [0.717, 1.165) is 57.5 Å². The van der Waals surface area contributed by atoms with Crippen molar-refractivity contribution < 1.29 is 9.53 Å². The van der Waals surface area contributed by atoms with E-state index in [2.05, 4.69) is 27.4 Å². The molecule has 0 saturated carbocycles. The molecule has 0 spiro atoms. The number of aliphatic imine (C=N–C) groups is 1. The van der Waals surface area contributed by atoms with Crippen molar-refractivity contribution in [3.8, 4) is 0 Å². The van der Waals surface area contributed by atoms with Gasteiger partial charge in [-0.3, -0.25) is 9.69 Å². The molecular weight excluding hydrogens is 342 g/mol. The third-order valence-corrected chi connectivity index (χ3v) is 5.21. The Morgan fingerprint density at radius 3 is 2.63 bits per heavy atom. The first-order chi connectivity index (χ1) is 13.2. The molecule has 0 aliphatic carbocycles. The molecule has 2 aliphatic heterocycles. The van der Waals surface area contributed by atoms with E-state index in [-0.39, 0.29) is 5.91 Å². The number of nitrogens with one attached hydrogen (secondary N) is 2. The molecule has 2 heterocycles. The number of ether oxygens (including phenoxy) is 1. The summed E-state index contributed by atoms with van der Waals surface area (Å²) in [5.74, 6) is 0.910. The van der Waals surface area contributed by atoms with E-state index in [1.165, 1.54) is 6.42 Å².